The number of nitrogens with zero attached hydrogens (tertiary/aromatic N) is 1. The summed E-state index contributed by atoms with van der Waals surface area (Å²) in [4.78, 5) is 12.1. The molecular weight excluding hydrogens is 414 g/mol. The minimum atomic E-state index is -3.54. The van der Waals surface area contributed by atoms with Crippen LogP contribution in [0.1, 0.15) is 18.4 Å². The molecule has 1 N–H and O–H groups in total. The lowest BCUT2D eigenvalue weighted by atomic mass is 10.2. The van der Waals surface area contributed by atoms with Crippen molar-refractivity contribution in [1.82, 2.24) is 0 Å². The van der Waals surface area contributed by atoms with Crippen LogP contribution in [0.4, 0.5) is 15.8 Å². The zero-order chi connectivity index (χ0) is 20.2. The lowest BCUT2D eigenvalue weighted by molar-refractivity contribution is -0.116. The zero-order valence-electron chi connectivity index (χ0n) is 14.8. The Morgan fingerprint density at radius 2 is 1.89 bits per heavy atom. The molecule has 0 saturated carbocycles. The number of hydrogen-bond acceptors (Lipinski definition) is 3. The van der Waals surface area contributed by atoms with E-state index < -0.39 is 15.8 Å². The fraction of sp³-hybridized carbons (Fsp3) is 0.278. The molecule has 0 saturated heterocycles. The second kappa shape index (κ2) is 8.91. The molecule has 146 valence electrons. The third kappa shape index (κ3) is 5.82. The topological polar surface area (TPSA) is 66.5 Å². The second-order valence-corrected chi connectivity index (χ2v) is 8.72. The molecule has 0 aliphatic rings. The maximum Gasteiger partial charge on any atom is 0.232 e. The van der Waals surface area contributed by atoms with Crippen LogP contribution in [0.25, 0.3) is 0 Å². The first-order chi connectivity index (χ1) is 12.6. The first kappa shape index (κ1) is 21.5. The highest BCUT2D eigenvalue weighted by Gasteiger charge is 2.20. The molecule has 0 aliphatic heterocycles. The third-order valence-corrected chi connectivity index (χ3v) is 5.76. The van der Waals surface area contributed by atoms with Gasteiger partial charge in [0, 0.05) is 23.7 Å². The van der Waals surface area contributed by atoms with Crippen LogP contribution < -0.4 is 9.62 Å². The summed E-state index contributed by atoms with van der Waals surface area (Å²) < 4.78 is 38.7. The standard InChI is InChI=1S/C18H19Cl2FN2O3S/c1-12-14(19)5-3-6-17(12)23(27(2,25)26)10-4-7-18(24)22-13-8-9-16(21)15(20)11-13/h3,5-6,8-9,11H,4,7,10H2,1-2H3,(H,22,24). The number of anilines is 2. The number of halogens is 3. The molecular formula is C18H19Cl2FN2O3S. The predicted molar refractivity (Wildman–Crippen MR) is 108 cm³/mol. The van der Waals surface area contributed by atoms with Crippen LogP contribution in [0.5, 0.6) is 0 Å². The Bertz CT molecular complexity index is 952. The number of sulfonamides is 1. The summed E-state index contributed by atoms with van der Waals surface area (Å²) in [6.45, 7) is 1.86. The Hall–Kier alpha value is -1.83. The first-order valence-electron chi connectivity index (χ1n) is 8.07. The average molecular weight is 433 g/mol. The van der Waals surface area contributed by atoms with Crippen molar-refractivity contribution in [2.24, 2.45) is 0 Å². The molecule has 0 aromatic heterocycles. The molecule has 0 atom stereocenters. The van der Waals surface area contributed by atoms with Gasteiger partial charge in [-0.2, -0.15) is 0 Å². The highest BCUT2D eigenvalue weighted by atomic mass is 35.5. The van der Waals surface area contributed by atoms with Gasteiger partial charge in [0.2, 0.25) is 15.9 Å². The van der Waals surface area contributed by atoms with Gasteiger partial charge in [0.15, 0.2) is 0 Å². The third-order valence-electron chi connectivity index (χ3n) is 3.88. The molecule has 0 fully saturated rings. The lowest BCUT2D eigenvalue weighted by Crippen LogP contribution is -2.32. The van der Waals surface area contributed by atoms with Gasteiger partial charge in [-0.25, -0.2) is 12.8 Å². The summed E-state index contributed by atoms with van der Waals surface area (Å²) in [6.07, 6.45) is 1.48. The monoisotopic (exact) mass is 432 g/mol. The Kier molecular flexibility index (Phi) is 7.08. The van der Waals surface area contributed by atoms with Gasteiger partial charge in [0.05, 0.1) is 17.0 Å². The summed E-state index contributed by atoms with van der Waals surface area (Å²) in [5.41, 5.74) is 1.50. The van der Waals surface area contributed by atoms with Crippen molar-refractivity contribution >= 4 is 50.5 Å². The van der Waals surface area contributed by atoms with E-state index in [0.29, 0.717) is 28.4 Å². The molecule has 27 heavy (non-hydrogen) atoms. The van der Waals surface area contributed by atoms with Crippen molar-refractivity contribution in [2.75, 3.05) is 22.4 Å². The Balaban J connectivity index is 2.02. The Morgan fingerprint density at radius 3 is 2.52 bits per heavy atom. The van der Waals surface area contributed by atoms with E-state index in [0.717, 1.165) is 12.3 Å². The summed E-state index contributed by atoms with van der Waals surface area (Å²) in [5.74, 6) is -0.899. The van der Waals surface area contributed by atoms with E-state index in [9.17, 15) is 17.6 Å². The Labute approximate surface area is 168 Å². The maximum absolute atomic E-state index is 13.1. The fourth-order valence-electron chi connectivity index (χ4n) is 2.51. The summed E-state index contributed by atoms with van der Waals surface area (Å²) >= 11 is 11.8. The smallest absolute Gasteiger partial charge is 0.232 e. The summed E-state index contributed by atoms with van der Waals surface area (Å²) in [5, 5.41) is 2.98. The van der Waals surface area contributed by atoms with Crippen LogP contribution >= 0.6 is 23.2 Å². The molecule has 0 aliphatic carbocycles. The normalized spacial score (nSPS) is 11.3. The molecule has 2 rings (SSSR count). The van der Waals surface area contributed by atoms with Crippen molar-refractivity contribution in [3.63, 3.8) is 0 Å². The van der Waals surface area contributed by atoms with Gasteiger partial charge in [-0.15, -0.1) is 0 Å². The number of benzene rings is 2. The molecule has 0 unspecified atom stereocenters. The van der Waals surface area contributed by atoms with Crippen molar-refractivity contribution in [3.05, 3.63) is 57.8 Å². The number of rotatable bonds is 7. The molecule has 0 radical (unpaired) electrons. The molecule has 5 nitrogen and oxygen atoms in total. The van der Waals surface area contributed by atoms with Gasteiger partial charge in [-0.3, -0.25) is 9.10 Å². The molecule has 9 heteroatoms. The quantitative estimate of drug-likeness (QED) is 0.693. The largest absolute Gasteiger partial charge is 0.326 e. The molecule has 0 heterocycles. The number of hydrogen-bond donors (Lipinski definition) is 1. The average Bonchev–Trinajstić information content (AvgIpc) is 2.57. The summed E-state index contributed by atoms with van der Waals surface area (Å²) in [6, 6.07) is 8.90. The highest BCUT2D eigenvalue weighted by Crippen LogP contribution is 2.28. The number of nitrogens with one attached hydrogen (secondary N) is 1. The van der Waals surface area contributed by atoms with Crippen LogP contribution in [0.3, 0.4) is 0 Å². The van der Waals surface area contributed by atoms with Gasteiger partial charge in [-0.1, -0.05) is 29.3 Å². The molecule has 2 aromatic carbocycles. The van der Waals surface area contributed by atoms with Crippen molar-refractivity contribution in [2.45, 2.75) is 19.8 Å². The van der Waals surface area contributed by atoms with Crippen LogP contribution in [-0.4, -0.2) is 27.1 Å². The van der Waals surface area contributed by atoms with Gasteiger partial charge >= 0.3 is 0 Å². The van der Waals surface area contributed by atoms with Gasteiger partial charge in [0.1, 0.15) is 5.82 Å². The number of carbonyl (C=O) groups is 1. The zero-order valence-corrected chi connectivity index (χ0v) is 17.1. The van der Waals surface area contributed by atoms with Gasteiger partial charge < -0.3 is 5.32 Å². The molecule has 1 amide bonds. The molecule has 2 aromatic rings. The second-order valence-electron chi connectivity index (χ2n) is 6.00. The van der Waals surface area contributed by atoms with E-state index in [1.54, 1.807) is 25.1 Å². The first-order valence-corrected chi connectivity index (χ1v) is 10.7. The van der Waals surface area contributed by atoms with Crippen molar-refractivity contribution in [1.29, 1.82) is 0 Å². The Morgan fingerprint density at radius 1 is 1.19 bits per heavy atom. The van der Waals surface area contributed by atoms with E-state index in [-0.39, 0.29) is 23.9 Å². The van der Waals surface area contributed by atoms with E-state index >= 15 is 0 Å². The van der Waals surface area contributed by atoms with Crippen LogP contribution in [0.15, 0.2) is 36.4 Å². The van der Waals surface area contributed by atoms with Crippen LogP contribution in [-0.2, 0) is 14.8 Å². The lowest BCUT2D eigenvalue weighted by Gasteiger charge is -2.24. The van der Waals surface area contributed by atoms with Crippen molar-refractivity contribution in [3.8, 4) is 0 Å². The SMILES string of the molecule is Cc1c(Cl)cccc1N(CCCC(=O)Nc1ccc(F)c(Cl)c1)S(C)(=O)=O. The van der Waals surface area contributed by atoms with Crippen LogP contribution in [0.2, 0.25) is 10.0 Å². The van der Waals surface area contributed by atoms with E-state index in [4.69, 9.17) is 23.2 Å². The molecule has 0 spiro atoms. The predicted octanol–water partition coefficient (Wildman–Crippen LogP) is 4.63. The highest BCUT2D eigenvalue weighted by molar-refractivity contribution is 7.92. The minimum absolute atomic E-state index is 0.0840. The van der Waals surface area contributed by atoms with Gasteiger partial charge in [-0.05, 0) is 49.2 Å². The van der Waals surface area contributed by atoms with Crippen molar-refractivity contribution < 1.29 is 17.6 Å². The van der Waals surface area contributed by atoms with Gasteiger partial charge in [0.25, 0.3) is 0 Å². The number of carbonyl (C=O) groups excluding carboxylic acids is 1. The van der Waals surface area contributed by atoms with E-state index in [1.165, 1.54) is 16.4 Å². The van der Waals surface area contributed by atoms with Crippen LogP contribution in [0, 0.1) is 12.7 Å². The maximum atomic E-state index is 13.1. The number of amides is 1. The van der Waals surface area contributed by atoms with E-state index in [2.05, 4.69) is 5.32 Å². The molecule has 0 bridgehead atoms. The minimum Gasteiger partial charge on any atom is -0.326 e. The fourth-order valence-corrected chi connectivity index (χ4v) is 3.88. The summed E-state index contributed by atoms with van der Waals surface area (Å²) in [7, 11) is -3.54. The van der Waals surface area contributed by atoms with E-state index in [1.807, 2.05) is 0 Å².